The van der Waals surface area contributed by atoms with Crippen molar-refractivity contribution in [3.63, 3.8) is 0 Å². The molecule has 1 aromatic carbocycles. The Morgan fingerprint density at radius 2 is 1.81 bits per heavy atom. The van der Waals surface area contributed by atoms with E-state index in [2.05, 4.69) is 11.4 Å². The molecule has 2 atom stereocenters. The third-order valence-electron chi connectivity index (χ3n) is 2.34. The number of hydrogen-bond donors (Lipinski definition) is 1. The molecule has 0 amide bonds. The van der Waals surface area contributed by atoms with Crippen molar-refractivity contribution in [1.82, 2.24) is 5.32 Å². The predicted molar refractivity (Wildman–Crippen MR) is 57.6 cm³/mol. The summed E-state index contributed by atoms with van der Waals surface area (Å²) in [5, 5.41) is 11.6. The lowest BCUT2D eigenvalue weighted by Gasteiger charge is -2.15. The molecule has 0 aliphatic rings. The second-order valence-corrected chi connectivity index (χ2v) is 3.86. The van der Waals surface area contributed by atoms with Crippen LogP contribution in [0.5, 0.6) is 0 Å². The minimum absolute atomic E-state index is 0.124. The Balaban J connectivity index is 2.66. The van der Waals surface area contributed by atoms with E-state index in [4.69, 9.17) is 5.26 Å². The molecule has 2 unspecified atom stereocenters. The van der Waals surface area contributed by atoms with Crippen LogP contribution in [-0.2, 0) is 0 Å². The van der Waals surface area contributed by atoms with Gasteiger partial charge in [0.05, 0.1) is 12.0 Å². The predicted octanol–water partition coefficient (Wildman–Crippen LogP) is 2.78. The Kier molecular flexibility index (Phi) is 4.39. The SMILES string of the molecule is CC(C#N)CNC(C)c1cc(F)cc(F)c1. The average molecular weight is 224 g/mol. The van der Waals surface area contributed by atoms with Gasteiger partial charge in [0, 0.05) is 18.7 Å². The van der Waals surface area contributed by atoms with E-state index >= 15 is 0 Å². The highest BCUT2D eigenvalue weighted by Crippen LogP contribution is 2.15. The van der Waals surface area contributed by atoms with Crippen LogP contribution in [0.1, 0.15) is 25.5 Å². The molecule has 0 aliphatic carbocycles. The van der Waals surface area contributed by atoms with Gasteiger partial charge in [-0.15, -0.1) is 0 Å². The molecule has 16 heavy (non-hydrogen) atoms. The molecule has 0 radical (unpaired) electrons. The number of hydrogen-bond acceptors (Lipinski definition) is 2. The quantitative estimate of drug-likeness (QED) is 0.853. The molecule has 1 aromatic rings. The summed E-state index contributed by atoms with van der Waals surface area (Å²) in [6.45, 7) is 4.08. The van der Waals surface area contributed by atoms with Crippen LogP contribution in [-0.4, -0.2) is 6.54 Å². The molecule has 0 aromatic heterocycles. The smallest absolute Gasteiger partial charge is 0.126 e. The van der Waals surface area contributed by atoms with Gasteiger partial charge in [-0.1, -0.05) is 0 Å². The van der Waals surface area contributed by atoms with E-state index in [1.54, 1.807) is 13.8 Å². The highest BCUT2D eigenvalue weighted by atomic mass is 19.1. The molecule has 0 fully saturated rings. The lowest BCUT2D eigenvalue weighted by molar-refractivity contribution is 0.516. The van der Waals surface area contributed by atoms with E-state index < -0.39 is 11.6 Å². The molecule has 0 spiro atoms. The minimum atomic E-state index is -0.586. The molecular formula is C12H14F2N2. The van der Waals surface area contributed by atoms with Crippen molar-refractivity contribution in [3.05, 3.63) is 35.4 Å². The monoisotopic (exact) mass is 224 g/mol. The summed E-state index contributed by atoms with van der Waals surface area (Å²) < 4.78 is 25.9. The van der Waals surface area contributed by atoms with Gasteiger partial charge in [0.2, 0.25) is 0 Å². The fraction of sp³-hybridized carbons (Fsp3) is 0.417. The molecule has 0 saturated heterocycles. The fourth-order valence-electron chi connectivity index (χ4n) is 1.34. The fourth-order valence-corrected chi connectivity index (χ4v) is 1.34. The molecule has 4 heteroatoms. The van der Waals surface area contributed by atoms with Gasteiger partial charge in [-0.2, -0.15) is 5.26 Å². The van der Waals surface area contributed by atoms with Crippen molar-refractivity contribution in [2.75, 3.05) is 6.54 Å². The lowest BCUT2D eigenvalue weighted by Crippen LogP contribution is -2.24. The lowest BCUT2D eigenvalue weighted by atomic mass is 10.1. The van der Waals surface area contributed by atoms with Gasteiger partial charge < -0.3 is 5.32 Å². The summed E-state index contributed by atoms with van der Waals surface area (Å²) in [7, 11) is 0. The van der Waals surface area contributed by atoms with E-state index in [9.17, 15) is 8.78 Å². The average Bonchev–Trinajstić information content (AvgIpc) is 2.23. The standard InChI is InChI=1S/C12H14F2N2/c1-8(6-15)7-16-9(2)10-3-11(13)5-12(14)4-10/h3-5,8-9,16H,7H2,1-2H3. The van der Waals surface area contributed by atoms with Gasteiger partial charge in [0.25, 0.3) is 0 Å². The van der Waals surface area contributed by atoms with Crippen LogP contribution in [0.2, 0.25) is 0 Å². The summed E-state index contributed by atoms with van der Waals surface area (Å²) in [5.41, 5.74) is 0.544. The van der Waals surface area contributed by atoms with Crippen LogP contribution >= 0.6 is 0 Å². The zero-order valence-corrected chi connectivity index (χ0v) is 9.30. The first kappa shape index (κ1) is 12.6. The van der Waals surface area contributed by atoms with Crippen molar-refractivity contribution in [3.8, 4) is 6.07 Å². The molecular weight excluding hydrogens is 210 g/mol. The second-order valence-electron chi connectivity index (χ2n) is 3.86. The Labute approximate surface area is 93.9 Å². The van der Waals surface area contributed by atoms with Gasteiger partial charge in [0.1, 0.15) is 11.6 Å². The Morgan fingerprint density at radius 1 is 1.25 bits per heavy atom. The molecule has 0 aliphatic heterocycles. The summed E-state index contributed by atoms with van der Waals surface area (Å²) in [6, 6.07) is 5.32. The van der Waals surface area contributed by atoms with Crippen LogP contribution in [0.15, 0.2) is 18.2 Å². The van der Waals surface area contributed by atoms with Gasteiger partial charge in [0.15, 0.2) is 0 Å². The molecule has 86 valence electrons. The molecule has 0 bridgehead atoms. The largest absolute Gasteiger partial charge is 0.309 e. The zero-order chi connectivity index (χ0) is 12.1. The van der Waals surface area contributed by atoms with Crippen LogP contribution < -0.4 is 5.32 Å². The maximum absolute atomic E-state index is 12.9. The second kappa shape index (κ2) is 5.57. The van der Waals surface area contributed by atoms with Crippen molar-refractivity contribution >= 4 is 0 Å². The van der Waals surface area contributed by atoms with Crippen molar-refractivity contribution in [1.29, 1.82) is 5.26 Å². The topological polar surface area (TPSA) is 35.8 Å². The van der Waals surface area contributed by atoms with Crippen molar-refractivity contribution in [2.24, 2.45) is 5.92 Å². The number of halogens is 2. The van der Waals surface area contributed by atoms with Gasteiger partial charge >= 0.3 is 0 Å². The van der Waals surface area contributed by atoms with Crippen LogP contribution in [0.4, 0.5) is 8.78 Å². The highest BCUT2D eigenvalue weighted by Gasteiger charge is 2.09. The third-order valence-corrected chi connectivity index (χ3v) is 2.34. The van der Waals surface area contributed by atoms with Crippen LogP contribution in [0.25, 0.3) is 0 Å². The first-order valence-corrected chi connectivity index (χ1v) is 5.12. The van der Waals surface area contributed by atoms with Gasteiger partial charge in [-0.05, 0) is 31.5 Å². The molecule has 0 heterocycles. The molecule has 1 N–H and O–H groups in total. The maximum Gasteiger partial charge on any atom is 0.126 e. The Hall–Kier alpha value is -1.47. The summed E-state index contributed by atoms with van der Waals surface area (Å²) in [4.78, 5) is 0. The first-order chi connectivity index (χ1) is 7.52. The van der Waals surface area contributed by atoms with E-state index in [0.29, 0.717) is 12.1 Å². The minimum Gasteiger partial charge on any atom is -0.309 e. The molecule has 0 saturated carbocycles. The zero-order valence-electron chi connectivity index (χ0n) is 9.30. The molecule has 2 nitrogen and oxygen atoms in total. The van der Waals surface area contributed by atoms with E-state index in [-0.39, 0.29) is 12.0 Å². The Bertz CT molecular complexity index is 378. The van der Waals surface area contributed by atoms with E-state index in [0.717, 1.165) is 6.07 Å². The number of benzene rings is 1. The van der Waals surface area contributed by atoms with Gasteiger partial charge in [-0.3, -0.25) is 0 Å². The van der Waals surface area contributed by atoms with Crippen molar-refractivity contribution in [2.45, 2.75) is 19.9 Å². The van der Waals surface area contributed by atoms with Crippen molar-refractivity contribution < 1.29 is 8.78 Å². The normalized spacial score (nSPS) is 14.2. The van der Waals surface area contributed by atoms with E-state index in [1.807, 2.05) is 0 Å². The summed E-state index contributed by atoms with van der Waals surface area (Å²) in [5.74, 6) is -1.30. The third kappa shape index (κ3) is 3.59. The number of nitrogens with zero attached hydrogens (tertiary/aromatic N) is 1. The number of nitriles is 1. The first-order valence-electron chi connectivity index (χ1n) is 5.12. The van der Waals surface area contributed by atoms with Crippen LogP contribution in [0, 0.1) is 28.9 Å². The summed E-state index contributed by atoms with van der Waals surface area (Å²) >= 11 is 0. The number of rotatable bonds is 4. The molecule has 1 rings (SSSR count). The number of nitrogens with one attached hydrogen (secondary N) is 1. The summed E-state index contributed by atoms with van der Waals surface area (Å²) in [6.07, 6.45) is 0. The Morgan fingerprint density at radius 3 is 2.31 bits per heavy atom. The van der Waals surface area contributed by atoms with E-state index in [1.165, 1.54) is 12.1 Å². The van der Waals surface area contributed by atoms with Gasteiger partial charge in [-0.25, -0.2) is 8.78 Å². The van der Waals surface area contributed by atoms with Crippen LogP contribution in [0.3, 0.4) is 0 Å². The highest BCUT2D eigenvalue weighted by molar-refractivity contribution is 5.20. The maximum atomic E-state index is 12.9.